The smallest absolute Gasteiger partial charge is 0.338 e. The predicted octanol–water partition coefficient (Wildman–Crippen LogP) is 3.84. The maximum Gasteiger partial charge on any atom is 0.338 e. The topological polar surface area (TPSA) is 26.3 Å². The van der Waals surface area contributed by atoms with Gasteiger partial charge in [0.2, 0.25) is 0 Å². The number of benzene rings is 2. The average molecular weight is 254 g/mol. The Morgan fingerprint density at radius 2 is 1.53 bits per heavy atom. The Morgan fingerprint density at radius 1 is 0.947 bits per heavy atom. The first-order valence-electron chi connectivity index (χ1n) is 6.49. The van der Waals surface area contributed by atoms with E-state index in [-0.39, 0.29) is 12.1 Å². The molecule has 0 saturated carbocycles. The second kappa shape index (κ2) is 6.19. The molecule has 0 unspecified atom stereocenters. The third-order valence-electron chi connectivity index (χ3n) is 2.78. The highest BCUT2D eigenvalue weighted by Crippen LogP contribution is 2.12. The van der Waals surface area contributed by atoms with Gasteiger partial charge in [-0.05, 0) is 43.5 Å². The van der Waals surface area contributed by atoms with Crippen LogP contribution in [-0.2, 0) is 11.2 Å². The van der Waals surface area contributed by atoms with E-state index in [0.717, 1.165) is 6.42 Å². The summed E-state index contributed by atoms with van der Waals surface area (Å²) in [7, 11) is 0. The molecule has 2 aromatic carbocycles. The second-order valence-corrected chi connectivity index (χ2v) is 4.81. The molecule has 2 heteroatoms. The predicted molar refractivity (Wildman–Crippen MR) is 76.2 cm³/mol. The van der Waals surface area contributed by atoms with Crippen molar-refractivity contribution in [2.45, 2.75) is 26.4 Å². The van der Waals surface area contributed by atoms with Crippen LogP contribution >= 0.6 is 0 Å². The van der Waals surface area contributed by atoms with Crippen LogP contribution in [0.25, 0.3) is 0 Å². The summed E-state index contributed by atoms with van der Waals surface area (Å²) in [6.45, 7) is 3.70. The SMILES string of the molecule is CC(C)OC(=O)c1ccc(Cc2ccccc2)cc1. The Balaban J connectivity index is 2.04. The summed E-state index contributed by atoms with van der Waals surface area (Å²) in [5.74, 6) is -0.263. The van der Waals surface area contributed by atoms with E-state index in [1.807, 2.05) is 56.3 Å². The van der Waals surface area contributed by atoms with Crippen molar-refractivity contribution in [2.75, 3.05) is 0 Å². The molecule has 0 aromatic heterocycles. The fourth-order valence-corrected chi connectivity index (χ4v) is 1.87. The molecule has 0 bridgehead atoms. The molecule has 0 amide bonds. The number of ether oxygens (including phenoxy) is 1. The zero-order chi connectivity index (χ0) is 13.7. The lowest BCUT2D eigenvalue weighted by Crippen LogP contribution is -2.11. The van der Waals surface area contributed by atoms with E-state index in [9.17, 15) is 4.79 Å². The molecule has 0 spiro atoms. The molecule has 0 N–H and O–H groups in total. The zero-order valence-corrected chi connectivity index (χ0v) is 11.3. The summed E-state index contributed by atoms with van der Waals surface area (Å²) < 4.78 is 5.16. The normalized spacial score (nSPS) is 10.5. The lowest BCUT2D eigenvalue weighted by atomic mass is 10.0. The number of esters is 1. The first-order chi connectivity index (χ1) is 9.15. The van der Waals surface area contributed by atoms with Crippen LogP contribution in [0.3, 0.4) is 0 Å². The second-order valence-electron chi connectivity index (χ2n) is 4.81. The molecule has 19 heavy (non-hydrogen) atoms. The molecule has 98 valence electrons. The quantitative estimate of drug-likeness (QED) is 0.775. The van der Waals surface area contributed by atoms with Crippen LogP contribution in [-0.4, -0.2) is 12.1 Å². The first-order valence-corrected chi connectivity index (χ1v) is 6.49. The summed E-state index contributed by atoms with van der Waals surface area (Å²) in [4.78, 5) is 11.7. The molecular weight excluding hydrogens is 236 g/mol. The van der Waals surface area contributed by atoms with Crippen molar-refractivity contribution in [2.24, 2.45) is 0 Å². The van der Waals surface area contributed by atoms with Gasteiger partial charge in [-0.25, -0.2) is 4.79 Å². The summed E-state index contributed by atoms with van der Waals surface area (Å²) in [6.07, 6.45) is 0.789. The Kier molecular flexibility index (Phi) is 4.35. The van der Waals surface area contributed by atoms with Crippen LogP contribution in [0.5, 0.6) is 0 Å². The van der Waals surface area contributed by atoms with Crippen molar-refractivity contribution in [3.8, 4) is 0 Å². The summed E-state index contributed by atoms with van der Waals surface area (Å²) in [5.41, 5.74) is 3.05. The zero-order valence-electron chi connectivity index (χ0n) is 11.3. The number of rotatable bonds is 4. The monoisotopic (exact) mass is 254 g/mol. The van der Waals surface area contributed by atoms with Crippen molar-refractivity contribution < 1.29 is 9.53 Å². The van der Waals surface area contributed by atoms with E-state index < -0.39 is 0 Å². The van der Waals surface area contributed by atoms with Crippen LogP contribution in [0.2, 0.25) is 0 Å². The lowest BCUT2D eigenvalue weighted by molar-refractivity contribution is 0.0378. The number of carbonyl (C=O) groups excluding carboxylic acids is 1. The molecule has 0 fully saturated rings. The van der Waals surface area contributed by atoms with Gasteiger partial charge in [-0.15, -0.1) is 0 Å². The maximum atomic E-state index is 11.7. The van der Waals surface area contributed by atoms with Crippen LogP contribution < -0.4 is 0 Å². The molecule has 0 aliphatic rings. The highest BCUT2D eigenvalue weighted by atomic mass is 16.5. The van der Waals surface area contributed by atoms with Gasteiger partial charge in [0.15, 0.2) is 0 Å². The van der Waals surface area contributed by atoms with Crippen LogP contribution in [0, 0.1) is 0 Å². The van der Waals surface area contributed by atoms with Gasteiger partial charge >= 0.3 is 5.97 Å². The molecular formula is C17H18O2. The highest BCUT2D eigenvalue weighted by Gasteiger charge is 2.08. The van der Waals surface area contributed by atoms with Gasteiger partial charge < -0.3 is 4.74 Å². The van der Waals surface area contributed by atoms with E-state index in [0.29, 0.717) is 5.56 Å². The number of carbonyl (C=O) groups is 1. The molecule has 2 aromatic rings. The van der Waals surface area contributed by atoms with Gasteiger partial charge in [0.25, 0.3) is 0 Å². The van der Waals surface area contributed by atoms with Crippen molar-refractivity contribution in [1.29, 1.82) is 0 Å². The molecule has 0 aliphatic carbocycles. The minimum Gasteiger partial charge on any atom is -0.459 e. The van der Waals surface area contributed by atoms with Gasteiger partial charge in [-0.2, -0.15) is 0 Å². The molecule has 0 atom stereocenters. The molecule has 2 rings (SSSR count). The largest absolute Gasteiger partial charge is 0.459 e. The Bertz CT molecular complexity index is 527. The van der Waals surface area contributed by atoms with E-state index in [4.69, 9.17) is 4.74 Å². The van der Waals surface area contributed by atoms with Gasteiger partial charge in [0.05, 0.1) is 11.7 Å². The van der Waals surface area contributed by atoms with Crippen molar-refractivity contribution >= 4 is 5.97 Å². The van der Waals surface area contributed by atoms with Crippen molar-refractivity contribution in [1.82, 2.24) is 0 Å². The van der Waals surface area contributed by atoms with E-state index in [2.05, 4.69) is 12.1 Å². The summed E-state index contributed by atoms with van der Waals surface area (Å²) in [6, 6.07) is 17.9. The van der Waals surface area contributed by atoms with E-state index in [1.54, 1.807) is 0 Å². The first kappa shape index (κ1) is 13.3. The van der Waals surface area contributed by atoms with Crippen molar-refractivity contribution in [3.63, 3.8) is 0 Å². The fraction of sp³-hybridized carbons (Fsp3) is 0.235. The maximum absolute atomic E-state index is 11.7. The van der Waals surface area contributed by atoms with E-state index >= 15 is 0 Å². The standard InChI is InChI=1S/C17H18O2/c1-13(2)19-17(18)16-10-8-15(9-11-16)12-14-6-4-3-5-7-14/h3-11,13H,12H2,1-2H3. The van der Waals surface area contributed by atoms with Crippen molar-refractivity contribution in [3.05, 3.63) is 71.3 Å². The molecule has 0 radical (unpaired) electrons. The third kappa shape index (κ3) is 3.95. The fourth-order valence-electron chi connectivity index (χ4n) is 1.87. The van der Waals surface area contributed by atoms with Gasteiger partial charge in [0.1, 0.15) is 0 Å². The van der Waals surface area contributed by atoms with Crippen LogP contribution in [0.4, 0.5) is 0 Å². The highest BCUT2D eigenvalue weighted by molar-refractivity contribution is 5.89. The number of hydrogen-bond donors (Lipinski definition) is 0. The summed E-state index contributed by atoms with van der Waals surface area (Å²) >= 11 is 0. The Hall–Kier alpha value is -2.09. The minimum atomic E-state index is -0.263. The minimum absolute atomic E-state index is 0.0866. The third-order valence-corrected chi connectivity index (χ3v) is 2.78. The molecule has 0 saturated heterocycles. The Morgan fingerprint density at radius 3 is 2.11 bits per heavy atom. The molecule has 0 aliphatic heterocycles. The molecule has 0 heterocycles. The van der Waals surface area contributed by atoms with Gasteiger partial charge in [-0.3, -0.25) is 0 Å². The van der Waals surface area contributed by atoms with Crippen LogP contribution in [0.1, 0.15) is 35.3 Å². The van der Waals surface area contributed by atoms with E-state index in [1.165, 1.54) is 11.1 Å². The van der Waals surface area contributed by atoms with Crippen LogP contribution in [0.15, 0.2) is 54.6 Å². The van der Waals surface area contributed by atoms with Gasteiger partial charge in [0, 0.05) is 0 Å². The summed E-state index contributed by atoms with van der Waals surface area (Å²) in [5, 5.41) is 0. The lowest BCUT2D eigenvalue weighted by Gasteiger charge is -2.08. The van der Waals surface area contributed by atoms with Gasteiger partial charge in [-0.1, -0.05) is 42.5 Å². The Labute approximate surface area is 114 Å². The number of hydrogen-bond acceptors (Lipinski definition) is 2. The average Bonchev–Trinajstić information content (AvgIpc) is 2.40. The molecule has 2 nitrogen and oxygen atoms in total.